The van der Waals surface area contributed by atoms with Gasteiger partial charge in [0.2, 0.25) is 5.88 Å². The molecule has 7 heteroatoms. The van der Waals surface area contributed by atoms with Crippen LogP contribution >= 0.6 is 0 Å². The summed E-state index contributed by atoms with van der Waals surface area (Å²) in [6.45, 7) is 1.56. The molecular formula is C21H25FN2O4. The minimum atomic E-state index is -0.281. The van der Waals surface area contributed by atoms with Crippen LogP contribution in [0.15, 0.2) is 42.6 Å². The second-order valence-corrected chi connectivity index (χ2v) is 6.93. The molecule has 1 aromatic carbocycles. The first kappa shape index (κ1) is 20.1. The highest BCUT2D eigenvalue weighted by molar-refractivity contribution is 5.93. The van der Waals surface area contributed by atoms with Crippen molar-refractivity contribution in [3.8, 4) is 11.6 Å². The lowest BCUT2D eigenvalue weighted by molar-refractivity contribution is 0.00439. The van der Waals surface area contributed by atoms with Crippen molar-refractivity contribution in [1.29, 1.82) is 0 Å². The number of aromatic nitrogens is 1. The van der Waals surface area contributed by atoms with E-state index in [1.807, 2.05) is 0 Å². The molecule has 0 saturated heterocycles. The SMILES string of the molecule is O=C(NC[C@H]1CC[C@@H](OCCOc2ccc(F)cc2)CC1)c1ccc(O)nc1. The summed E-state index contributed by atoms with van der Waals surface area (Å²) in [5, 5.41) is 12.1. The Balaban J connectivity index is 1.28. The second kappa shape index (κ2) is 10.0. The van der Waals surface area contributed by atoms with E-state index < -0.39 is 0 Å². The van der Waals surface area contributed by atoms with Gasteiger partial charge in [-0.25, -0.2) is 9.37 Å². The molecule has 6 nitrogen and oxygen atoms in total. The molecule has 0 spiro atoms. The highest BCUT2D eigenvalue weighted by Gasteiger charge is 2.22. The van der Waals surface area contributed by atoms with Crippen molar-refractivity contribution in [2.75, 3.05) is 19.8 Å². The number of carbonyl (C=O) groups is 1. The molecule has 0 bridgehead atoms. The van der Waals surface area contributed by atoms with E-state index in [1.165, 1.54) is 24.4 Å². The summed E-state index contributed by atoms with van der Waals surface area (Å²) in [5.74, 6) is 0.510. The summed E-state index contributed by atoms with van der Waals surface area (Å²) in [6.07, 6.45) is 5.49. The summed E-state index contributed by atoms with van der Waals surface area (Å²) in [6, 6.07) is 8.89. The highest BCUT2D eigenvalue weighted by Crippen LogP contribution is 2.26. The van der Waals surface area contributed by atoms with Gasteiger partial charge in [-0.3, -0.25) is 4.79 Å². The maximum Gasteiger partial charge on any atom is 0.252 e. The Kier molecular flexibility index (Phi) is 7.19. The number of hydrogen-bond donors (Lipinski definition) is 2. The standard InChI is InChI=1S/C21H25FN2O4/c22-17-4-8-19(9-5-17)28-12-11-27-18-6-1-15(2-7-18)13-24-21(26)16-3-10-20(25)23-14-16/h3-5,8-10,14-15,18H,1-2,6-7,11-13H2,(H,23,25)(H,24,26)/t15-,18+. The van der Waals surface area contributed by atoms with Crippen LogP contribution in [0.2, 0.25) is 0 Å². The van der Waals surface area contributed by atoms with Gasteiger partial charge in [-0.15, -0.1) is 0 Å². The average Bonchev–Trinajstić information content (AvgIpc) is 2.72. The number of benzene rings is 1. The number of aromatic hydroxyl groups is 1. The van der Waals surface area contributed by atoms with Gasteiger partial charge in [-0.05, 0) is 61.9 Å². The Morgan fingerprint density at radius 2 is 1.86 bits per heavy atom. The van der Waals surface area contributed by atoms with Crippen molar-refractivity contribution in [2.24, 2.45) is 5.92 Å². The lowest BCUT2D eigenvalue weighted by atomic mass is 9.87. The number of halogens is 1. The summed E-state index contributed by atoms with van der Waals surface area (Å²) in [7, 11) is 0. The predicted molar refractivity (Wildman–Crippen MR) is 102 cm³/mol. The molecule has 1 aliphatic rings. The van der Waals surface area contributed by atoms with Gasteiger partial charge in [-0.2, -0.15) is 0 Å². The van der Waals surface area contributed by atoms with Gasteiger partial charge in [0.05, 0.1) is 18.3 Å². The van der Waals surface area contributed by atoms with Crippen LogP contribution in [-0.4, -0.2) is 41.9 Å². The zero-order valence-electron chi connectivity index (χ0n) is 15.6. The van der Waals surface area contributed by atoms with Gasteiger partial charge in [-0.1, -0.05) is 0 Å². The van der Waals surface area contributed by atoms with E-state index in [0.717, 1.165) is 25.7 Å². The Labute approximate surface area is 163 Å². The molecule has 1 saturated carbocycles. The van der Waals surface area contributed by atoms with Crippen LogP contribution in [0.5, 0.6) is 11.6 Å². The van der Waals surface area contributed by atoms with Crippen molar-refractivity contribution < 1.29 is 23.8 Å². The third-order valence-electron chi connectivity index (χ3n) is 4.87. The third kappa shape index (κ3) is 6.20. The zero-order valence-corrected chi connectivity index (χ0v) is 15.6. The maximum absolute atomic E-state index is 12.8. The van der Waals surface area contributed by atoms with Crippen LogP contribution in [-0.2, 0) is 4.74 Å². The molecule has 1 amide bonds. The molecule has 0 unspecified atom stereocenters. The molecule has 1 heterocycles. The summed E-state index contributed by atoms with van der Waals surface area (Å²) < 4.78 is 24.2. The lowest BCUT2D eigenvalue weighted by Crippen LogP contribution is -2.33. The fraction of sp³-hybridized carbons (Fsp3) is 0.429. The zero-order chi connectivity index (χ0) is 19.8. The van der Waals surface area contributed by atoms with Crippen LogP contribution < -0.4 is 10.1 Å². The monoisotopic (exact) mass is 388 g/mol. The molecule has 1 aliphatic carbocycles. The van der Waals surface area contributed by atoms with Gasteiger partial charge in [0.25, 0.3) is 5.91 Å². The Bertz CT molecular complexity index is 744. The molecule has 0 aliphatic heterocycles. The quantitative estimate of drug-likeness (QED) is 0.678. The van der Waals surface area contributed by atoms with E-state index >= 15 is 0 Å². The summed E-state index contributed by atoms with van der Waals surface area (Å²) in [5.41, 5.74) is 0.441. The van der Waals surface area contributed by atoms with E-state index in [-0.39, 0.29) is 23.7 Å². The van der Waals surface area contributed by atoms with Crippen LogP contribution in [0.1, 0.15) is 36.0 Å². The van der Waals surface area contributed by atoms with Crippen molar-refractivity contribution in [3.05, 3.63) is 54.0 Å². The number of pyridine rings is 1. The molecule has 150 valence electrons. The highest BCUT2D eigenvalue weighted by atomic mass is 19.1. The third-order valence-corrected chi connectivity index (χ3v) is 4.87. The first-order valence-electron chi connectivity index (χ1n) is 9.53. The van der Waals surface area contributed by atoms with Crippen LogP contribution in [0, 0.1) is 11.7 Å². The van der Waals surface area contributed by atoms with Crippen molar-refractivity contribution in [2.45, 2.75) is 31.8 Å². The molecule has 1 aromatic heterocycles. The molecule has 2 aromatic rings. The van der Waals surface area contributed by atoms with Crippen LogP contribution in [0.4, 0.5) is 4.39 Å². The molecule has 2 N–H and O–H groups in total. The van der Waals surface area contributed by atoms with Gasteiger partial charge in [0.1, 0.15) is 18.2 Å². The molecule has 0 radical (unpaired) electrons. The number of hydrogen-bond acceptors (Lipinski definition) is 5. The Morgan fingerprint density at radius 1 is 1.11 bits per heavy atom. The number of amides is 1. The van der Waals surface area contributed by atoms with Gasteiger partial charge < -0.3 is 19.9 Å². The first-order chi connectivity index (χ1) is 13.6. The second-order valence-electron chi connectivity index (χ2n) is 6.93. The van der Waals surface area contributed by atoms with Crippen molar-refractivity contribution >= 4 is 5.91 Å². The van der Waals surface area contributed by atoms with Crippen LogP contribution in [0.25, 0.3) is 0 Å². The fourth-order valence-electron chi connectivity index (χ4n) is 3.27. The Morgan fingerprint density at radius 3 is 2.54 bits per heavy atom. The Hall–Kier alpha value is -2.67. The topological polar surface area (TPSA) is 80.7 Å². The van der Waals surface area contributed by atoms with E-state index in [0.29, 0.717) is 37.0 Å². The van der Waals surface area contributed by atoms with Gasteiger partial charge in [0, 0.05) is 18.8 Å². The maximum atomic E-state index is 12.8. The van der Waals surface area contributed by atoms with Crippen molar-refractivity contribution in [1.82, 2.24) is 10.3 Å². The molecule has 0 atom stereocenters. The lowest BCUT2D eigenvalue weighted by Gasteiger charge is -2.28. The van der Waals surface area contributed by atoms with E-state index in [2.05, 4.69) is 10.3 Å². The van der Waals surface area contributed by atoms with E-state index in [9.17, 15) is 9.18 Å². The minimum absolute atomic E-state index is 0.0991. The number of ether oxygens (including phenoxy) is 2. The predicted octanol–water partition coefficient (Wildman–Crippen LogP) is 3.31. The molecule has 1 fully saturated rings. The minimum Gasteiger partial charge on any atom is -0.493 e. The molecule has 28 heavy (non-hydrogen) atoms. The number of nitrogens with zero attached hydrogens (tertiary/aromatic N) is 1. The summed E-state index contributed by atoms with van der Waals surface area (Å²) >= 11 is 0. The smallest absolute Gasteiger partial charge is 0.252 e. The van der Waals surface area contributed by atoms with Gasteiger partial charge in [0.15, 0.2) is 0 Å². The largest absolute Gasteiger partial charge is 0.493 e. The van der Waals surface area contributed by atoms with Crippen molar-refractivity contribution in [3.63, 3.8) is 0 Å². The number of carbonyl (C=O) groups excluding carboxylic acids is 1. The van der Waals surface area contributed by atoms with E-state index in [4.69, 9.17) is 14.6 Å². The molecule has 3 rings (SSSR count). The number of nitrogens with one attached hydrogen (secondary N) is 1. The van der Waals surface area contributed by atoms with E-state index in [1.54, 1.807) is 18.2 Å². The number of rotatable bonds is 8. The summed E-state index contributed by atoms with van der Waals surface area (Å²) in [4.78, 5) is 15.8. The average molecular weight is 388 g/mol. The van der Waals surface area contributed by atoms with Gasteiger partial charge >= 0.3 is 0 Å². The fourth-order valence-corrected chi connectivity index (χ4v) is 3.27. The molecular weight excluding hydrogens is 363 g/mol. The van der Waals surface area contributed by atoms with Crippen LogP contribution in [0.3, 0.4) is 0 Å². The first-order valence-corrected chi connectivity index (χ1v) is 9.53. The normalized spacial score (nSPS) is 19.2.